The Morgan fingerprint density at radius 3 is 2.50 bits per heavy atom. The summed E-state index contributed by atoms with van der Waals surface area (Å²) in [4.78, 5) is 3.69. The van der Waals surface area contributed by atoms with Crippen LogP contribution in [0.15, 0.2) is 22.7 Å². The Balaban J connectivity index is 2.83. The van der Waals surface area contributed by atoms with Gasteiger partial charge in [-0.15, -0.1) is 0 Å². The minimum Gasteiger partial charge on any atom is -0.243 e. The van der Waals surface area contributed by atoms with Crippen LogP contribution in [0.1, 0.15) is 18.2 Å². The minimum atomic E-state index is -4.49. The number of benzene rings is 1. The molecule has 0 saturated carbocycles. The van der Waals surface area contributed by atoms with Gasteiger partial charge in [-0.25, -0.2) is 4.98 Å². The van der Waals surface area contributed by atoms with Crippen LogP contribution >= 0.6 is 27.5 Å². The van der Waals surface area contributed by atoms with Gasteiger partial charge in [0.25, 0.3) is 0 Å². The molecule has 2 aromatic rings. The molecule has 0 aliphatic heterocycles. The van der Waals surface area contributed by atoms with Crippen molar-refractivity contribution >= 4 is 38.4 Å². The standard InChI is InChI=1S/C12H8BrClF3N/c1-2-6-3-7(13)4-8-9(14)5-10(12(15,16)17)18-11(6)8/h3-5H,2H2,1H3. The average Bonchev–Trinajstić information content (AvgIpc) is 2.27. The van der Waals surface area contributed by atoms with Crippen molar-refractivity contribution < 1.29 is 13.2 Å². The highest BCUT2D eigenvalue weighted by Crippen LogP contribution is 2.35. The zero-order valence-electron chi connectivity index (χ0n) is 9.28. The van der Waals surface area contributed by atoms with Crippen LogP contribution in [0.4, 0.5) is 13.2 Å². The van der Waals surface area contributed by atoms with Crippen LogP contribution in [-0.4, -0.2) is 4.98 Å². The summed E-state index contributed by atoms with van der Waals surface area (Å²) in [6.45, 7) is 1.86. The highest BCUT2D eigenvalue weighted by Gasteiger charge is 2.33. The third-order valence-corrected chi connectivity index (χ3v) is 3.35. The van der Waals surface area contributed by atoms with E-state index in [1.807, 2.05) is 6.92 Å². The fraction of sp³-hybridized carbons (Fsp3) is 0.250. The van der Waals surface area contributed by atoms with Crippen molar-refractivity contribution in [1.29, 1.82) is 0 Å². The molecule has 1 heterocycles. The molecule has 0 spiro atoms. The molecule has 6 heteroatoms. The average molecular weight is 339 g/mol. The molecule has 0 unspecified atom stereocenters. The van der Waals surface area contributed by atoms with Crippen LogP contribution in [0.25, 0.3) is 10.9 Å². The van der Waals surface area contributed by atoms with Gasteiger partial charge in [-0.1, -0.05) is 34.5 Å². The van der Waals surface area contributed by atoms with Crippen LogP contribution in [0.5, 0.6) is 0 Å². The maximum Gasteiger partial charge on any atom is 0.433 e. The van der Waals surface area contributed by atoms with Crippen molar-refractivity contribution in [2.75, 3.05) is 0 Å². The first-order valence-electron chi connectivity index (χ1n) is 5.18. The molecule has 0 N–H and O–H groups in total. The summed E-state index contributed by atoms with van der Waals surface area (Å²) >= 11 is 9.22. The lowest BCUT2D eigenvalue weighted by Crippen LogP contribution is -2.08. The molecule has 0 amide bonds. The third kappa shape index (κ3) is 2.47. The van der Waals surface area contributed by atoms with Gasteiger partial charge in [0.05, 0.1) is 10.5 Å². The Bertz CT molecular complexity index is 610. The zero-order valence-corrected chi connectivity index (χ0v) is 11.6. The summed E-state index contributed by atoms with van der Waals surface area (Å²) in [5, 5.41) is 0.583. The first-order valence-corrected chi connectivity index (χ1v) is 6.36. The first-order chi connectivity index (χ1) is 8.32. The molecule has 1 aromatic heterocycles. The van der Waals surface area contributed by atoms with E-state index in [-0.39, 0.29) is 5.02 Å². The van der Waals surface area contributed by atoms with Gasteiger partial charge in [0.15, 0.2) is 0 Å². The SMILES string of the molecule is CCc1cc(Br)cc2c(Cl)cc(C(F)(F)F)nc12. The van der Waals surface area contributed by atoms with Gasteiger partial charge in [-0.2, -0.15) is 13.2 Å². The van der Waals surface area contributed by atoms with E-state index in [4.69, 9.17) is 11.6 Å². The normalized spacial score (nSPS) is 12.1. The van der Waals surface area contributed by atoms with Crippen molar-refractivity contribution in [2.24, 2.45) is 0 Å². The number of hydrogen-bond donors (Lipinski definition) is 0. The van der Waals surface area contributed by atoms with Gasteiger partial charge in [0.2, 0.25) is 0 Å². The Labute approximate surface area is 115 Å². The molecule has 1 nitrogen and oxygen atoms in total. The first kappa shape index (κ1) is 13.6. The van der Waals surface area contributed by atoms with Crippen molar-refractivity contribution in [1.82, 2.24) is 4.98 Å². The van der Waals surface area contributed by atoms with E-state index in [2.05, 4.69) is 20.9 Å². The number of nitrogens with zero attached hydrogens (tertiary/aromatic N) is 1. The molecule has 0 saturated heterocycles. The Morgan fingerprint density at radius 2 is 1.94 bits per heavy atom. The van der Waals surface area contributed by atoms with Crippen molar-refractivity contribution in [2.45, 2.75) is 19.5 Å². The van der Waals surface area contributed by atoms with Gasteiger partial charge in [-0.05, 0) is 30.2 Å². The van der Waals surface area contributed by atoms with Gasteiger partial charge in [0.1, 0.15) is 5.69 Å². The van der Waals surface area contributed by atoms with Crippen molar-refractivity contribution in [3.05, 3.63) is 39.0 Å². The van der Waals surface area contributed by atoms with E-state index < -0.39 is 11.9 Å². The smallest absolute Gasteiger partial charge is 0.243 e. The van der Waals surface area contributed by atoms with E-state index in [1.54, 1.807) is 12.1 Å². The van der Waals surface area contributed by atoms with Gasteiger partial charge in [-0.3, -0.25) is 0 Å². The molecule has 0 aliphatic rings. The number of halogens is 5. The predicted molar refractivity (Wildman–Crippen MR) is 68.8 cm³/mol. The maximum atomic E-state index is 12.7. The van der Waals surface area contributed by atoms with Gasteiger partial charge in [0, 0.05) is 9.86 Å². The molecule has 0 aliphatic carbocycles. The highest BCUT2D eigenvalue weighted by molar-refractivity contribution is 9.10. The van der Waals surface area contributed by atoms with Crippen LogP contribution in [0, 0.1) is 0 Å². The predicted octanol–water partition coefficient (Wildman–Crippen LogP) is 5.23. The lowest BCUT2D eigenvalue weighted by Gasteiger charge is -2.11. The largest absolute Gasteiger partial charge is 0.433 e. The number of aromatic nitrogens is 1. The van der Waals surface area contributed by atoms with Gasteiger partial charge >= 0.3 is 6.18 Å². The summed E-state index contributed by atoms with van der Waals surface area (Å²) in [6, 6.07) is 4.28. The molecule has 2 rings (SSSR count). The highest BCUT2D eigenvalue weighted by atomic mass is 79.9. The van der Waals surface area contributed by atoms with Crippen LogP contribution in [-0.2, 0) is 12.6 Å². The molecule has 0 fully saturated rings. The monoisotopic (exact) mass is 337 g/mol. The zero-order chi connectivity index (χ0) is 13.5. The Kier molecular flexibility index (Phi) is 3.56. The number of pyridine rings is 1. The van der Waals surface area contributed by atoms with Crippen LogP contribution in [0.3, 0.4) is 0 Å². The van der Waals surface area contributed by atoms with E-state index in [9.17, 15) is 13.2 Å². The molecular weight excluding hydrogens is 330 g/mol. The quantitative estimate of drug-likeness (QED) is 0.693. The molecule has 18 heavy (non-hydrogen) atoms. The fourth-order valence-electron chi connectivity index (χ4n) is 1.74. The van der Waals surface area contributed by atoms with Crippen molar-refractivity contribution in [3.63, 3.8) is 0 Å². The second-order valence-electron chi connectivity index (χ2n) is 3.80. The number of alkyl halides is 3. The molecule has 0 atom stereocenters. The summed E-state index contributed by atoms with van der Waals surface area (Å²) in [6.07, 6.45) is -3.91. The summed E-state index contributed by atoms with van der Waals surface area (Å²) in [7, 11) is 0. The fourth-order valence-corrected chi connectivity index (χ4v) is 2.49. The molecule has 0 bridgehead atoms. The van der Waals surface area contributed by atoms with Crippen LogP contribution in [0.2, 0.25) is 5.02 Å². The summed E-state index contributed by atoms with van der Waals surface area (Å²) < 4.78 is 38.8. The van der Waals surface area contributed by atoms with E-state index in [1.165, 1.54) is 0 Å². The van der Waals surface area contributed by atoms with E-state index in [0.717, 1.165) is 16.1 Å². The van der Waals surface area contributed by atoms with Gasteiger partial charge < -0.3 is 0 Å². The molecular formula is C12H8BrClF3N. The van der Waals surface area contributed by atoms with Crippen molar-refractivity contribution in [3.8, 4) is 0 Å². The molecule has 1 aromatic carbocycles. The Hall–Kier alpha value is -0.810. The number of aryl methyl sites for hydroxylation is 1. The topological polar surface area (TPSA) is 12.9 Å². The second kappa shape index (κ2) is 4.70. The van der Waals surface area contributed by atoms with E-state index >= 15 is 0 Å². The molecule has 96 valence electrons. The van der Waals surface area contributed by atoms with Crippen LogP contribution < -0.4 is 0 Å². The second-order valence-corrected chi connectivity index (χ2v) is 5.12. The number of rotatable bonds is 1. The number of fused-ring (bicyclic) bond motifs is 1. The minimum absolute atomic E-state index is 0.0586. The number of hydrogen-bond acceptors (Lipinski definition) is 1. The lowest BCUT2D eigenvalue weighted by molar-refractivity contribution is -0.140. The Morgan fingerprint density at radius 1 is 1.28 bits per heavy atom. The lowest BCUT2D eigenvalue weighted by atomic mass is 10.1. The van der Waals surface area contributed by atoms with E-state index in [0.29, 0.717) is 17.3 Å². The summed E-state index contributed by atoms with van der Waals surface area (Å²) in [5.41, 5.74) is 0.0740. The third-order valence-electron chi connectivity index (χ3n) is 2.58. The summed E-state index contributed by atoms with van der Waals surface area (Å²) in [5.74, 6) is 0. The maximum absolute atomic E-state index is 12.7. The molecule has 0 radical (unpaired) electrons.